The lowest BCUT2D eigenvalue weighted by Gasteiger charge is -2.19. The first-order chi connectivity index (χ1) is 11.0. The number of benzene rings is 1. The van der Waals surface area contributed by atoms with Gasteiger partial charge in [-0.3, -0.25) is 0 Å². The molecule has 1 N–H and O–H groups in total. The summed E-state index contributed by atoms with van der Waals surface area (Å²) in [5.41, 5.74) is 0.108. The molecule has 1 unspecified atom stereocenters. The van der Waals surface area contributed by atoms with Gasteiger partial charge in [0.2, 0.25) is 0 Å². The quantitative estimate of drug-likeness (QED) is 0.893. The first-order valence-corrected chi connectivity index (χ1v) is 9.48. The smallest absolute Gasteiger partial charge is 0.324 e. The van der Waals surface area contributed by atoms with Crippen molar-refractivity contribution in [1.29, 1.82) is 0 Å². The van der Waals surface area contributed by atoms with E-state index in [1.807, 2.05) is 0 Å². The van der Waals surface area contributed by atoms with Crippen LogP contribution in [0, 0.1) is 5.92 Å². The molecule has 1 saturated heterocycles. The minimum atomic E-state index is -4.37. The zero-order chi connectivity index (χ0) is 18.0. The first kappa shape index (κ1) is 18.6. The fraction of sp³-hybridized carbons (Fsp3) is 0.533. The summed E-state index contributed by atoms with van der Waals surface area (Å²) < 4.78 is 60.4. The third-order valence-corrected chi connectivity index (χ3v) is 4.84. The van der Waals surface area contributed by atoms with Gasteiger partial charge in [0.1, 0.15) is 9.84 Å². The Kier molecular flexibility index (Phi) is 5.42. The molecule has 0 saturated carbocycles. The van der Waals surface area contributed by atoms with Crippen LogP contribution in [0.4, 0.5) is 23.7 Å². The highest BCUT2D eigenvalue weighted by molar-refractivity contribution is 7.90. The average molecular weight is 364 g/mol. The predicted molar refractivity (Wildman–Crippen MR) is 84.6 cm³/mol. The molecule has 2 amide bonds. The number of nitrogens with zero attached hydrogens (tertiary/aromatic N) is 1. The van der Waals surface area contributed by atoms with E-state index in [4.69, 9.17) is 0 Å². The summed E-state index contributed by atoms with van der Waals surface area (Å²) in [6.07, 6.45) is -3.79. The Bertz CT molecular complexity index is 704. The Morgan fingerprint density at radius 2 is 2.00 bits per heavy atom. The molecule has 24 heavy (non-hydrogen) atoms. The van der Waals surface area contributed by atoms with Crippen LogP contribution in [0.25, 0.3) is 0 Å². The number of urea groups is 1. The molecule has 0 spiro atoms. The van der Waals surface area contributed by atoms with Crippen molar-refractivity contribution in [2.75, 3.05) is 30.4 Å². The van der Waals surface area contributed by atoms with Gasteiger partial charge in [-0.05, 0) is 24.0 Å². The highest BCUT2D eigenvalue weighted by atomic mass is 32.2. The number of likely N-dealkylation sites (tertiary alicyclic amines) is 1. The van der Waals surface area contributed by atoms with E-state index in [-0.39, 0.29) is 29.5 Å². The van der Waals surface area contributed by atoms with Crippen LogP contribution in [-0.4, -0.2) is 50.6 Å². The van der Waals surface area contributed by atoms with Crippen LogP contribution < -0.4 is 5.32 Å². The molecule has 1 fully saturated rings. The molecule has 1 aromatic rings. The lowest BCUT2D eigenvalue weighted by molar-refractivity contribution is -0.127. The minimum absolute atomic E-state index is 0.00143. The molecule has 1 aliphatic heterocycles. The van der Waals surface area contributed by atoms with Crippen molar-refractivity contribution in [3.05, 3.63) is 29.8 Å². The highest BCUT2D eigenvalue weighted by Gasteiger charge is 2.31. The normalized spacial score (nSPS) is 18.7. The zero-order valence-corrected chi connectivity index (χ0v) is 14.0. The van der Waals surface area contributed by atoms with Crippen LogP contribution in [-0.2, 0) is 16.3 Å². The summed E-state index contributed by atoms with van der Waals surface area (Å²) in [6, 6.07) is 5.25. The molecule has 9 heteroatoms. The van der Waals surface area contributed by atoms with Crippen LogP contribution in [0.2, 0.25) is 0 Å². The van der Waals surface area contributed by atoms with Gasteiger partial charge in [-0.25, -0.2) is 13.2 Å². The molecule has 1 heterocycles. The number of hydrogen-bond donors (Lipinski definition) is 1. The lowest BCUT2D eigenvalue weighted by Crippen LogP contribution is -2.34. The van der Waals surface area contributed by atoms with E-state index in [2.05, 4.69) is 5.32 Å². The second-order valence-electron chi connectivity index (χ2n) is 6.07. The van der Waals surface area contributed by atoms with Crippen LogP contribution >= 0.6 is 0 Å². The van der Waals surface area contributed by atoms with Gasteiger partial charge in [-0.2, -0.15) is 13.2 Å². The van der Waals surface area contributed by atoms with Gasteiger partial charge in [0.05, 0.1) is 12.2 Å². The van der Waals surface area contributed by atoms with Gasteiger partial charge < -0.3 is 10.2 Å². The van der Waals surface area contributed by atoms with Crippen LogP contribution in [0.5, 0.6) is 0 Å². The second-order valence-corrected chi connectivity index (χ2v) is 8.26. The summed E-state index contributed by atoms with van der Waals surface area (Å²) in [4.78, 5) is 13.7. The number of carbonyl (C=O) groups is 1. The Hall–Kier alpha value is -1.77. The Balaban J connectivity index is 2.01. The van der Waals surface area contributed by atoms with E-state index in [9.17, 15) is 26.4 Å². The fourth-order valence-corrected chi connectivity index (χ4v) is 3.92. The SMILES string of the molecule is CS(=O)(=O)CC1CCN(C(=O)Nc2ccccc2CC(F)(F)F)C1. The third-order valence-electron chi connectivity index (χ3n) is 3.76. The Morgan fingerprint density at radius 1 is 1.33 bits per heavy atom. The summed E-state index contributed by atoms with van der Waals surface area (Å²) in [5, 5.41) is 2.50. The highest BCUT2D eigenvalue weighted by Crippen LogP contribution is 2.27. The maximum atomic E-state index is 12.6. The van der Waals surface area contributed by atoms with Gasteiger partial charge in [0.25, 0.3) is 0 Å². The molecule has 2 rings (SSSR count). The first-order valence-electron chi connectivity index (χ1n) is 7.42. The Labute approximate surface area is 138 Å². The van der Waals surface area contributed by atoms with E-state index >= 15 is 0 Å². The zero-order valence-electron chi connectivity index (χ0n) is 13.1. The largest absolute Gasteiger partial charge is 0.393 e. The standard InChI is InChI=1S/C15H19F3N2O3S/c1-24(22,23)10-11-6-7-20(9-11)14(21)19-13-5-3-2-4-12(13)8-15(16,17)18/h2-5,11H,6-10H2,1H3,(H,19,21). The number of sulfone groups is 1. The topological polar surface area (TPSA) is 66.5 Å². The van der Waals surface area contributed by atoms with Gasteiger partial charge in [-0.1, -0.05) is 18.2 Å². The van der Waals surface area contributed by atoms with Gasteiger partial charge in [0, 0.05) is 25.0 Å². The van der Waals surface area contributed by atoms with Gasteiger partial charge in [-0.15, -0.1) is 0 Å². The van der Waals surface area contributed by atoms with Crippen molar-refractivity contribution in [2.45, 2.75) is 19.0 Å². The average Bonchev–Trinajstić information content (AvgIpc) is 2.85. The fourth-order valence-electron chi connectivity index (χ4n) is 2.79. The van der Waals surface area contributed by atoms with Gasteiger partial charge in [0.15, 0.2) is 0 Å². The van der Waals surface area contributed by atoms with E-state index in [0.717, 1.165) is 6.26 Å². The van der Waals surface area contributed by atoms with Crippen molar-refractivity contribution in [2.24, 2.45) is 5.92 Å². The van der Waals surface area contributed by atoms with Crippen LogP contribution in [0.15, 0.2) is 24.3 Å². The molecule has 0 bridgehead atoms. The minimum Gasteiger partial charge on any atom is -0.324 e. The van der Waals surface area contributed by atoms with E-state index in [1.165, 1.54) is 23.1 Å². The number of amides is 2. The van der Waals surface area contributed by atoms with Crippen LogP contribution in [0.3, 0.4) is 0 Å². The maximum absolute atomic E-state index is 12.6. The number of alkyl halides is 3. The molecule has 1 atom stereocenters. The number of anilines is 1. The third kappa shape index (κ3) is 5.70. The molecule has 0 aromatic heterocycles. The molecular formula is C15H19F3N2O3S. The van der Waals surface area contributed by atoms with Crippen LogP contribution in [0.1, 0.15) is 12.0 Å². The number of nitrogens with one attached hydrogen (secondary N) is 1. The molecule has 1 aliphatic rings. The molecular weight excluding hydrogens is 345 g/mol. The molecule has 1 aromatic carbocycles. The van der Waals surface area contributed by atoms with E-state index in [0.29, 0.717) is 13.0 Å². The van der Waals surface area contributed by atoms with Crippen molar-refractivity contribution in [3.8, 4) is 0 Å². The lowest BCUT2D eigenvalue weighted by atomic mass is 10.1. The number of rotatable bonds is 4. The number of hydrogen-bond acceptors (Lipinski definition) is 3. The summed E-state index contributed by atoms with van der Waals surface area (Å²) in [6.45, 7) is 0.661. The molecule has 134 valence electrons. The molecule has 0 radical (unpaired) electrons. The van der Waals surface area contributed by atoms with Crippen molar-refractivity contribution in [1.82, 2.24) is 4.90 Å². The summed E-state index contributed by atoms with van der Waals surface area (Å²) in [7, 11) is -3.13. The Morgan fingerprint density at radius 3 is 2.62 bits per heavy atom. The van der Waals surface area contributed by atoms with E-state index < -0.39 is 28.5 Å². The monoisotopic (exact) mass is 364 g/mol. The van der Waals surface area contributed by atoms with E-state index in [1.54, 1.807) is 6.07 Å². The second kappa shape index (κ2) is 7.00. The predicted octanol–water partition coefficient (Wildman–Crippen LogP) is 2.69. The van der Waals surface area contributed by atoms with Crippen molar-refractivity contribution < 1.29 is 26.4 Å². The van der Waals surface area contributed by atoms with Crippen molar-refractivity contribution in [3.63, 3.8) is 0 Å². The number of carbonyl (C=O) groups excluding carboxylic acids is 1. The molecule has 5 nitrogen and oxygen atoms in total. The summed E-state index contributed by atoms with van der Waals surface area (Å²) >= 11 is 0. The van der Waals surface area contributed by atoms with Gasteiger partial charge >= 0.3 is 12.2 Å². The maximum Gasteiger partial charge on any atom is 0.393 e. The molecule has 0 aliphatic carbocycles. The summed E-state index contributed by atoms with van der Waals surface area (Å²) in [5.74, 6) is -0.141. The van der Waals surface area contributed by atoms with Crippen molar-refractivity contribution >= 4 is 21.6 Å². The number of para-hydroxylation sites is 1. The number of halogens is 3.